The summed E-state index contributed by atoms with van der Waals surface area (Å²) in [6.07, 6.45) is 4.09. The van der Waals surface area contributed by atoms with Gasteiger partial charge in [0.15, 0.2) is 0 Å². The Labute approximate surface area is 189 Å². The van der Waals surface area contributed by atoms with E-state index in [4.69, 9.17) is 26.8 Å². The number of ether oxygens (including phenoxy) is 2. The van der Waals surface area contributed by atoms with E-state index in [1.807, 2.05) is 0 Å². The molecule has 3 N–H and O–H groups in total. The molecule has 1 saturated carbocycles. The van der Waals surface area contributed by atoms with Gasteiger partial charge in [-0.1, -0.05) is 11.6 Å². The van der Waals surface area contributed by atoms with E-state index >= 15 is 0 Å². The van der Waals surface area contributed by atoms with Crippen LogP contribution in [0.5, 0.6) is 5.75 Å². The monoisotopic (exact) mass is 455 g/mol. The number of hydrogen-bond acceptors (Lipinski definition) is 5. The SMILES string of the molecule is Cl.Nc1c(Cl)cc(C(=O)NCC2C3CN(CC4CCOCC4)CC23)c2c1CCCO2. The Morgan fingerprint density at radius 3 is 2.70 bits per heavy atom. The summed E-state index contributed by atoms with van der Waals surface area (Å²) in [6.45, 7) is 6.75. The van der Waals surface area contributed by atoms with Gasteiger partial charge in [-0.25, -0.2) is 0 Å². The zero-order valence-electron chi connectivity index (χ0n) is 17.2. The molecular weight excluding hydrogens is 425 g/mol. The van der Waals surface area contributed by atoms with Crippen LogP contribution in [0, 0.1) is 23.7 Å². The fourth-order valence-corrected chi connectivity index (χ4v) is 5.72. The molecule has 1 aromatic carbocycles. The van der Waals surface area contributed by atoms with Crippen LogP contribution in [-0.2, 0) is 11.2 Å². The average Bonchev–Trinajstić information content (AvgIpc) is 3.20. The summed E-state index contributed by atoms with van der Waals surface area (Å²) in [5.41, 5.74) is 8.03. The molecule has 30 heavy (non-hydrogen) atoms. The Kier molecular flexibility index (Phi) is 6.68. The minimum atomic E-state index is -0.103. The number of nitrogens with one attached hydrogen (secondary N) is 1. The number of nitrogens with two attached hydrogens (primary N) is 1. The number of piperidine rings is 1. The third-order valence-electron chi connectivity index (χ3n) is 7.24. The number of anilines is 1. The average molecular weight is 456 g/mol. The first kappa shape index (κ1) is 22.0. The van der Waals surface area contributed by atoms with Crippen molar-refractivity contribution in [3.63, 3.8) is 0 Å². The predicted octanol–water partition coefficient (Wildman–Crippen LogP) is 3.00. The number of nitrogen functional groups attached to an aromatic ring is 1. The maximum atomic E-state index is 12.8. The number of nitrogens with zero attached hydrogens (tertiary/aromatic N) is 1. The smallest absolute Gasteiger partial charge is 0.255 e. The van der Waals surface area contributed by atoms with Gasteiger partial charge < -0.3 is 25.4 Å². The quantitative estimate of drug-likeness (QED) is 0.667. The summed E-state index contributed by atoms with van der Waals surface area (Å²) in [4.78, 5) is 15.5. The van der Waals surface area contributed by atoms with Crippen molar-refractivity contribution in [3.8, 4) is 5.75 Å². The van der Waals surface area contributed by atoms with E-state index in [9.17, 15) is 4.79 Å². The lowest BCUT2D eigenvalue weighted by atomic mass is 9.99. The summed E-state index contributed by atoms with van der Waals surface area (Å²) < 4.78 is 11.2. The van der Waals surface area contributed by atoms with Crippen LogP contribution in [0.4, 0.5) is 5.69 Å². The molecule has 1 aromatic rings. The van der Waals surface area contributed by atoms with Gasteiger partial charge >= 0.3 is 0 Å². The van der Waals surface area contributed by atoms with Crippen molar-refractivity contribution < 1.29 is 14.3 Å². The fourth-order valence-electron chi connectivity index (χ4n) is 5.49. The second-order valence-corrected chi connectivity index (χ2v) is 9.46. The van der Waals surface area contributed by atoms with Crippen molar-refractivity contribution in [1.82, 2.24) is 10.2 Å². The molecule has 2 unspecified atom stereocenters. The number of carbonyl (C=O) groups is 1. The van der Waals surface area contributed by atoms with Crippen LogP contribution in [0.15, 0.2) is 6.07 Å². The lowest BCUT2D eigenvalue weighted by Crippen LogP contribution is -2.35. The van der Waals surface area contributed by atoms with Crippen LogP contribution in [0.25, 0.3) is 0 Å². The van der Waals surface area contributed by atoms with E-state index in [1.54, 1.807) is 6.07 Å². The molecule has 166 valence electrons. The highest BCUT2D eigenvalue weighted by Crippen LogP contribution is 2.51. The molecule has 6 nitrogen and oxygen atoms in total. The number of carbonyl (C=O) groups excluding carboxylic acids is 1. The van der Waals surface area contributed by atoms with Gasteiger partial charge in [-0.3, -0.25) is 4.79 Å². The summed E-state index contributed by atoms with van der Waals surface area (Å²) in [5.74, 6) is 3.38. The fraction of sp³-hybridized carbons (Fsp3) is 0.682. The number of amides is 1. The lowest BCUT2D eigenvalue weighted by Gasteiger charge is -2.28. The molecule has 2 atom stereocenters. The Morgan fingerprint density at radius 2 is 1.97 bits per heavy atom. The zero-order chi connectivity index (χ0) is 20.0. The summed E-state index contributed by atoms with van der Waals surface area (Å²) in [7, 11) is 0. The maximum absolute atomic E-state index is 12.8. The normalized spacial score (nSPS) is 28.1. The van der Waals surface area contributed by atoms with Crippen molar-refractivity contribution in [2.24, 2.45) is 23.7 Å². The number of rotatable bonds is 5. The van der Waals surface area contributed by atoms with E-state index < -0.39 is 0 Å². The highest BCUT2D eigenvalue weighted by atomic mass is 35.5. The van der Waals surface area contributed by atoms with Crippen molar-refractivity contribution in [1.29, 1.82) is 0 Å². The Balaban J connectivity index is 0.00000218. The molecule has 3 fully saturated rings. The Morgan fingerprint density at radius 1 is 1.23 bits per heavy atom. The molecule has 8 heteroatoms. The largest absolute Gasteiger partial charge is 0.492 e. The third kappa shape index (κ3) is 4.24. The van der Waals surface area contributed by atoms with Crippen molar-refractivity contribution in [2.45, 2.75) is 25.7 Å². The van der Waals surface area contributed by atoms with Gasteiger partial charge in [0.1, 0.15) is 5.75 Å². The Bertz CT molecular complexity index is 788. The molecule has 5 rings (SSSR count). The van der Waals surface area contributed by atoms with Crippen LogP contribution in [0.1, 0.15) is 35.2 Å². The third-order valence-corrected chi connectivity index (χ3v) is 7.55. The van der Waals surface area contributed by atoms with Gasteiger partial charge in [-0.2, -0.15) is 0 Å². The number of likely N-dealkylation sites (tertiary alicyclic amines) is 1. The minimum Gasteiger partial charge on any atom is -0.492 e. The topological polar surface area (TPSA) is 76.8 Å². The molecule has 4 aliphatic rings. The van der Waals surface area contributed by atoms with Crippen LogP contribution in [-0.4, -0.2) is 56.8 Å². The maximum Gasteiger partial charge on any atom is 0.255 e. The minimum absolute atomic E-state index is 0. The molecule has 0 bridgehead atoms. The highest BCUT2D eigenvalue weighted by molar-refractivity contribution is 6.33. The van der Waals surface area contributed by atoms with E-state index in [1.165, 1.54) is 32.5 Å². The van der Waals surface area contributed by atoms with Crippen LogP contribution in [0.3, 0.4) is 0 Å². The molecule has 0 aromatic heterocycles. The Hall–Kier alpha value is -1.21. The van der Waals surface area contributed by atoms with Gasteiger partial charge in [0, 0.05) is 45.0 Å². The summed E-state index contributed by atoms with van der Waals surface area (Å²) in [6, 6.07) is 1.65. The van der Waals surface area contributed by atoms with Crippen molar-refractivity contribution >= 4 is 35.6 Å². The first-order valence-electron chi connectivity index (χ1n) is 10.9. The zero-order valence-corrected chi connectivity index (χ0v) is 18.8. The van der Waals surface area contributed by atoms with Crippen LogP contribution >= 0.6 is 24.0 Å². The van der Waals surface area contributed by atoms with Crippen molar-refractivity contribution in [2.75, 3.05) is 51.7 Å². The molecule has 2 saturated heterocycles. The van der Waals surface area contributed by atoms with Gasteiger partial charge in [0.25, 0.3) is 5.91 Å². The first-order chi connectivity index (χ1) is 14.1. The summed E-state index contributed by atoms with van der Waals surface area (Å²) >= 11 is 6.27. The molecule has 0 spiro atoms. The molecule has 3 aliphatic heterocycles. The van der Waals surface area contributed by atoms with Gasteiger partial charge in [-0.15, -0.1) is 12.4 Å². The second kappa shape index (κ2) is 9.11. The van der Waals surface area contributed by atoms with E-state index in [2.05, 4.69) is 10.2 Å². The molecule has 0 radical (unpaired) electrons. The van der Waals surface area contributed by atoms with E-state index in [-0.39, 0.29) is 18.3 Å². The van der Waals surface area contributed by atoms with Crippen LogP contribution in [0.2, 0.25) is 5.02 Å². The van der Waals surface area contributed by atoms with Gasteiger partial charge in [0.05, 0.1) is 22.9 Å². The van der Waals surface area contributed by atoms with Crippen molar-refractivity contribution in [3.05, 3.63) is 22.2 Å². The van der Waals surface area contributed by atoms with Crippen LogP contribution < -0.4 is 15.8 Å². The number of benzene rings is 1. The predicted molar refractivity (Wildman–Crippen MR) is 120 cm³/mol. The highest BCUT2D eigenvalue weighted by Gasteiger charge is 2.55. The number of fused-ring (bicyclic) bond motifs is 2. The number of halogens is 2. The van der Waals surface area contributed by atoms with Gasteiger partial charge in [0.2, 0.25) is 0 Å². The summed E-state index contributed by atoms with van der Waals surface area (Å²) in [5, 5.41) is 3.57. The van der Waals surface area contributed by atoms with Gasteiger partial charge in [-0.05, 0) is 55.4 Å². The first-order valence-corrected chi connectivity index (χ1v) is 11.3. The molecule has 1 amide bonds. The standard InChI is InChI=1S/C22H30ClN3O3.ClH/c23-19-8-15(21-14(20(19)24)2-1-5-29-21)22(27)25-9-16-17-11-26(12-18(16)17)10-13-3-6-28-7-4-13;/h8,13,16-18H,1-7,9-12,24H2,(H,25,27);1H. The van der Waals surface area contributed by atoms with E-state index in [0.717, 1.165) is 55.9 Å². The molecular formula is C22H31Cl2N3O3. The lowest BCUT2D eigenvalue weighted by molar-refractivity contribution is 0.0535. The molecule has 3 heterocycles. The molecule has 1 aliphatic carbocycles. The van der Waals surface area contributed by atoms with E-state index in [0.29, 0.717) is 34.5 Å². The second-order valence-electron chi connectivity index (χ2n) is 9.06. The number of hydrogen-bond donors (Lipinski definition) is 2.